The SMILES string of the molecule is Cc1ccc(CN2CCN(C[C@H](O)Cn3c4ccccc4n4c(=O)cc(C)c(C#N)c34)CC2)c(C)c1. The maximum absolute atomic E-state index is 12.9. The van der Waals surface area contributed by atoms with Crippen LogP contribution >= 0.6 is 0 Å². The molecule has 2 aromatic heterocycles. The van der Waals surface area contributed by atoms with Gasteiger partial charge in [0.25, 0.3) is 5.56 Å². The Bertz CT molecular complexity index is 1520. The maximum Gasteiger partial charge on any atom is 0.257 e. The van der Waals surface area contributed by atoms with Crippen LogP contribution in [0.15, 0.2) is 53.3 Å². The van der Waals surface area contributed by atoms with Crippen LogP contribution in [0, 0.1) is 32.1 Å². The summed E-state index contributed by atoms with van der Waals surface area (Å²) in [5.74, 6) is 0. The van der Waals surface area contributed by atoms with Crippen LogP contribution in [-0.2, 0) is 13.1 Å². The van der Waals surface area contributed by atoms with E-state index in [0.29, 0.717) is 29.9 Å². The number of aromatic nitrogens is 2. The van der Waals surface area contributed by atoms with Crippen molar-refractivity contribution in [1.29, 1.82) is 5.26 Å². The summed E-state index contributed by atoms with van der Waals surface area (Å²) < 4.78 is 3.53. The van der Waals surface area contributed by atoms with Crippen LogP contribution in [0.4, 0.5) is 0 Å². The number of aliphatic hydroxyl groups excluding tert-OH is 1. The molecule has 0 saturated carbocycles. The largest absolute Gasteiger partial charge is 0.390 e. The highest BCUT2D eigenvalue weighted by molar-refractivity contribution is 5.84. The lowest BCUT2D eigenvalue weighted by atomic mass is 10.1. The first-order valence-corrected chi connectivity index (χ1v) is 12.6. The first-order valence-electron chi connectivity index (χ1n) is 12.6. The van der Waals surface area contributed by atoms with Crippen LogP contribution in [0.1, 0.15) is 27.8 Å². The van der Waals surface area contributed by atoms with Crippen molar-refractivity contribution in [2.45, 2.75) is 40.0 Å². The van der Waals surface area contributed by atoms with Crippen molar-refractivity contribution in [1.82, 2.24) is 18.8 Å². The van der Waals surface area contributed by atoms with E-state index in [1.54, 1.807) is 11.3 Å². The molecule has 1 saturated heterocycles. The lowest BCUT2D eigenvalue weighted by Crippen LogP contribution is -2.48. The molecular formula is C29H33N5O2. The van der Waals surface area contributed by atoms with Crippen LogP contribution in [-0.4, -0.2) is 62.7 Å². The fourth-order valence-corrected chi connectivity index (χ4v) is 5.48. The Hall–Kier alpha value is -3.44. The van der Waals surface area contributed by atoms with Crippen LogP contribution in [0.25, 0.3) is 16.7 Å². The number of nitrogens with zero attached hydrogens (tertiary/aromatic N) is 5. The highest BCUT2D eigenvalue weighted by Crippen LogP contribution is 2.24. The molecule has 4 aromatic rings. The number of benzene rings is 2. The first-order chi connectivity index (χ1) is 17.4. The van der Waals surface area contributed by atoms with Crippen LogP contribution in [0.2, 0.25) is 0 Å². The highest BCUT2D eigenvalue weighted by atomic mass is 16.3. The molecule has 1 aliphatic rings. The second-order valence-electron chi connectivity index (χ2n) is 10.1. The Kier molecular flexibility index (Phi) is 6.67. The second-order valence-corrected chi connectivity index (χ2v) is 10.1. The van der Waals surface area contributed by atoms with Crippen LogP contribution in [0.3, 0.4) is 0 Å². The molecule has 186 valence electrons. The molecule has 36 heavy (non-hydrogen) atoms. The minimum atomic E-state index is -0.627. The van der Waals surface area contributed by atoms with Crippen LogP contribution < -0.4 is 5.56 Å². The summed E-state index contributed by atoms with van der Waals surface area (Å²) in [6, 6.07) is 18.1. The Morgan fingerprint density at radius 2 is 1.61 bits per heavy atom. The van der Waals surface area contributed by atoms with Gasteiger partial charge in [-0.1, -0.05) is 35.9 Å². The molecule has 3 heterocycles. The summed E-state index contributed by atoms with van der Waals surface area (Å²) in [5, 5.41) is 21.0. The summed E-state index contributed by atoms with van der Waals surface area (Å²) >= 11 is 0. The van der Waals surface area contributed by atoms with Gasteiger partial charge in [0, 0.05) is 45.3 Å². The Morgan fingerprint density at radius 1 is 0.917 bits per heavy atom. The Morgan fingerprint density at radius 3 is 2.31 bits per heavy atom. The minimum Gasteiger partial charge on any atom is -0.390 e. The fraction of sp³-hybridized carbons (Fsp3) is 0.379. The van der Waals surface area contributed by atoms with Crippen molar-refractivity contribution in [3.05, 3.63) is 86.7 Å². The number of hydrogen-bond donors (Lipinski definition) is 1. The molecule has 1 atom stereocenters. The second kappa shape index (κ2) is 9.90. The normalized spacial score (nSPS) is 16.0. The third kappa shape index (κ3) is 4.56. The number of aryl methyl sites for hydroxylation is 3. The fourth-order valence-electron chi connectivity index (χ4n) is 5.48. The van der Waals surface area contributed by atoms with E-state index in [0.717, 1.165) is 43.8 Å². The summed E-state index contributed by atoms with van der Waals surface area (Å²) in [5.41, 5.74) is 7.12. The third-order valence-electron chi connectivity index (χ3n) is 7.39. The van der Waals surface area contributed by atoms with Crippen molar-refractivity contribution < 1.29 is 5.11 Å². The quantitative estimate of drug-likeness (QED) is 0.456. The maximum atomic E-state index is 12.9. The lowest BCUT2D eigenvalue weighted by molar-refractivity contribution is 0.0632. The molecule has 5 rings (SSSR count). The Balaban J connectivity index is 1.31. The Labute approximate surface area is 211 Å². The zero-order chi connectivity index (χ0) is 25.4. The van der Waals surface area contributed by atoms with Gasteiger partial charge in [-0.25, -0.2) is 0 Å². The highest BCUT2D eigenvalue weighted by Gasteiger charge is 2.23. The average molecular weight is 484 g/mol. The van der Waals surface area contributed by atoms with Gasteiger partial charge in [-0.15, -0.1) is 0 Å². The molecule has 0 unspecified atom stereocenters. The summed E-state index contributed by atoms with van der Waals surface area (Å²) in [4.78, 5) is 17.6. The number of aliphatic hydroxyl groups is 1. The predicted octanol–water partition coefficient (Wildman–Crippen LogP) is 3.23. The number of rotatable bonds is 6. The van der Waals surface area contributed by atoms with E-state index in [1.807, 2.05) is 28.8 Å². The van der Waals surface area contributed by atoms with Gasteiger partial charge in [0.05, 0.1) is 29.2 Å². The van der Waals surface area contributed by atoms with Crippen molar-refractivity contribution >= 4 is 16.7 Å². The standard InChI is InChI=1S/C29H33N5O2/c1-20-8-9-23(21(2)14-20)17-31-10-12-32(13-11-31)18-24(35)19-33-26-6-4-5-7-27(26)34-28(36)15-22(3)25(16-30)29(33)34/h4-9,14-15,24,35H,10-13,17-19H2,1-3H3/t24-/m0/s1. The zero-order valence-corrected chi connectivity index (χ0v) is 21.2. The third-order valence-corrected chi connectivity index (χ3v) is 7.39. The molecule has 1 aliphatic heterocycles. The van der Waals surface area contributed by atoms with Gasteiger partial charge in [0.15, 0.2) is 0 Å². The van der Waals surface area contributed by atoms with Gasteiger partial charge < -0.3 is 9.67 Å². The zero-order valence-electron chi connectivity index (χ0n) is 21.2. The van der Waals surface area contributed by atoms with Crippen LogP contribution in [0.5, 0.6) is 0 Å². The molecule has 0 radical (unpaired) electrons. The molecule has 2 aromatic carbocycles. The van der Waals surface area contributed by atoms with Gasteiger partial charge in [-0.05, 0) is 49.6 Å². The van der Waals surface area contributed by atoms with Crippen molar-refractivity contribution in [2.75, 3.05) is 32.7 Å². The smallest absolute Gasteiger partial charge is 0.257 e. The molecule has 0 spiro atoms. The lowest BCUT2D eigenvalue weighted by Gasteiger charge is -2.36. The van der Waals surface area contributed by atoms with E-state index >= 15 is 0 Å². The molecular weight excluding hydrogens is 450 g/mol. The molecule has 7 nitrogen and oxygen atoms in total. The number of fused-ring (bicyclic) bond motifs is 3. The number of hydrogen-bond acceptors (Lipinski definition) is 5. The van der Waals surface area contributed by atoms with Gasteiger partial charge in [0.2, 0.25) is 0 Å². The molecule has 0 aliphatic carbocycles. The van der Waals surface area contributed by atoms with E-state index in [1.165, 1.54) is 22.8 Å². The minimum absolute atomic E-state index is 0.161. The van der Waals surface area contributed by atoms with E-state index in [2.05, 4.69) is 47.9 Å². The number of piperazine rings is 1. The summed E-state index contributed by atoms with van der Waals surface area (Å²) in [6.45, 7) is 11.6. The van der Waals surface area contributed by atoms with Crippen molar-refractivity contribution in [3.63, 3.8) is 0 Å². The first kappa shape index (κ1) is 24.3. The summed E-state index contributed by atoms with van der Waals surface area (Å²) in [6.07, 6.45) is -0.627. The number of β-amino-alcohol motifs (C(OH)–C–C–N with tert-alkyl or cyclic N) is 1. The molecule has 1 N–H and O–H groups in total. The number of nitriles is 1. The number of imidazole rings is 1. The van der Waals surface area contributed by atoms with Gasteiger partial charge in [0.1, 0.15) is 11.7 Å². The molecule has 7 heteroatoms. The van der Waals surface area contributed by atoms with Crippen molar-refractivity contribution in [2.24, 2.45) is 0 Å². The monoisotopic (exact) mass is 483 g/mol. The molecule has 0 amide bonds. The summed E-state index contributed by atoms with van der Waals surface area (Å²) in [7, 11) is 0. The molecule has 1 fully saturated rings. The number of pyridine rings is 1. The average Bonchev–Trinajstić information content (AvgIpc) is 3.17. The van der Waals surface area contributed by atoms with Crippen molar-refractivity contribution in [3.8, 4) is 6.07 Å². The van der Waals surface area contributed by atoms with Gasteiger partial charge in [-0.2, -0.15) is 5.26 Å². The van der Waals surface area contributed by atoms with E-state index in [-0.39, 0.29) is 5.56 Å². The number of para-hydroxylation sites is 2. The van der Waals surface area contributed by atoms with Gasteiger partial charge in [-0.3, -0.25) is 19.0 Å². The predicted molar refractivity (Wildman–Crippen MR) is 142 cm³/mol. The van der Waals surface area contributed by atoms with E-state index < -0.39 is 6.10 Å². The molecule has 0 bridgehead atoms. The van der Waals surface area contributed by atoms with E-state index in [9.17, 15) is 15.2 Å². The van der Waals surface area contributed by atoms with E-state index in [4.69, 9.17) is 0 Å². The van der Waals surface area contributed by atoms with Gasteiger partial charge >= 0.3 is 0 Å². The topological polar surface area (TPSA) is 76.9 Å².